The van der Waals surface area contributed by atoms with Gasteiger partial charge in [0.25, 0.3) is 5.56 Å². The number of piperidine rings is 1. The van der Waals surface area contributed by atoms with E-state index < -0.39 is 17.2 Å². The summed E-state index contributed by atoms with van der Waals surface area (Å²) in [6, 6.07) is 14.6. The summed E-state index contributed by atoms with van der Waals surface area (Å²) in [7, 11) is 3.75. The first kappa shape index (κ1) is 35.8. The highest BCUT2D eigenvalue weighted by molar-refractivity contribution is 6.34. The molecule has 0 atom stereocenters. The van der Waals surface area contributed by atoms with Crippen LogP contribution in [0.5, 0.6) is 0 Å². The Morgan fingerprint density at radius 3 is 2.47 bits per heavy atom. The Hall–Kier alpha value is -4.98. The van der Waals surface area contributed by atoms with Crippen molar-refractivity contribution in [1.82, 2.24) is 24.2 Å². The van der Waals surface area contributed by atoms with Crippen molar-refractivity contribution in [3.05, 3.63) is 127 Å². The van der Waals surface area contributed by atoms with Gasteiger partial charge in [0.1, 0.15) is 11.4 Å². The maximum Gasteiger partial charge on any atom is 0.278 e. The molecule has 0 bridgehead atoms. The van der Waals surface area contributed by atoms with E-state index in [2.05, 4.69) is 28.8 Å². The first-order chi connectivity index (χ1) is 24.5. The SMILES string of the molecule is Cc1c(C(=O)CCC#Cc2ccc3nc(Cc4ccc(C(=O)CC5CCN(C)CC5)c(Cl)c4)ncc3c2)c(=O)n(Cc2ccc(F)c(F)c2)n1C. The lowest BCUT2D eigenvalue weighted by Crippen LogP contribution is -2.31. The normalized spacial score (nSPS) is 13.7. The van der Waals surface area contributed by atoms with E-state index in [-0.39, 0.29) is 36.5 Å². The first-order valence-corrected chi connectivity index (χ1v) is 17.3. The average Bonchev–Trinajstić information content (AvgIpc) is 3.31. The topological polar surface area (TPSA) is 90.1 Å². The fraction of sp³-hybridized carbons (Fsp3) is 0.325. The number of likely N-dealkylation sites (tertiary alicyclic amines) is 1. The zero-order valence-corrected chi connectivity index (χ0v) is 29.6. The highest BCUT2D eigenvalue weighted by Gasteiger charge is 2.23. The molecule has 8 nitrogen and oxygen atoms in total. The number of fused-ring (bicyclic) bond motifs is 1. The number of hydrogen-bond acceptors (Lipinski definition) is 6. The van der Waals surface area contributed by atoms with E-state index in [1.807, 2.05) is 36.4 Å². The highest BCUT2D eigenvalue weighted by atomic mass is 35.5. The van der Waals surface area contributed by atoms with Gasteiger partial charge in [0.15, 0.2) is 23.2 Å². The van der Waals surface area contributed by atoms with Gasteiger partial charge in [-0.25, -0.2) is 23.4 Å². The van der Waals surface area contributed by atoms with Crippen LogP contribution in [0.2, 0.25) is 5.02 Å². The molecule has 1 aliphatic heterocycles. The van der Waals surface area contributed by atoms with Gasteiger partial charge in [-0.05, 0) is 99.4 Å². The predicted octanol–water partition coefficient (Wildman–Crippen LogP) is 6.94. The van der Waals surface area contributed by atoms with Gasteiger partial charge in [-0.3, -0.25) is 19.1 Å². The molecule has 6 rings (SSSR count). The van der Waals surface area contributed by atoms with Crippen LogP contribution in [0, 0.1) is 36.3 Å². The van der Waals surface area contributed by atoms with Gasteiger partial charge in [0.05, 0.1) is 17.1 Å². The largest absolute Gasteiger partial charge is 0.306 e. The van der Waals surface area contributed by atoms with Gasteiger partial charge in [-0.1, -0.05) is 35.6 Å². The fourth-order valence-corrected chi connectivity index (χ4v) is 6.80. The molecule has 0 spiro atoms. The molecule has 2 aromatic heterocycles. The van der Waals surface area contributed by atoms with Crippen molar-refractivity contribution in [2.75, 3.05) is 20.1 Å². The molecule has 11 heteroatoms. The van der Waals surface area contributed by atoms with Crippen molar-refractivity contribution in [2.24, 2.45) is 13.0 Å². The summed E-state index contributed by atoms with van der Waals surface area (Å²) in [6.07, 6.45) is 5.08. The van der Waals surface area contributed by atoms with Gasteiger partial charge in [0, 0.05) is 61.1 Å². The number of hydrogen-bond donors (Lipinski definition) is 0. The number of carbonyl (C=O) groups is 2. The first-order valence-electron chi connectivity index (χ1n) is 16.9. The standard InChI is InChI=1S/C40H38ClF2N5O3/c1-25-39(40(51)48(47(25)3)24-29-9-12-33(42)34(43)20-29)36(49)7-5-4-6-26-10-13-35-30(18-26)23-44-38(45-35)22-28-8-11-31(32(41)19-28)37(50)21-27-14-16-46(2)17-15-27/h8-13,18-20,23,27H,5,7,14-17,21-22,24H2,1-3H3. The summed E-state index contributed by atoms with van der Waals surface area (Å²) in [6.45, 7) is 3.71. The van der Waals surface area contributed by atoms with Crippen molar-refractivity contribution < 1.29 is 18.4 Å². The Kier molecular flexibility index (Phi) is 10.9. The van der Waals surface area contributed by atoms with E-state index >= 15 is 0 Å². The Bertz CT molecular complexity index is 2260. The summed E-state index contributed by atoms with van der Waals surface area (Å²) in [5.41, 5.74) is 3.45. The Labute approximate surface area is 300 Å². The number of aromatic nitrogens is 4. The quantitative estimate of drug-likeness (QED) is 0.115. The van der Waals surface area contributed by atoms with Crippen molar-refractivity contribution in [3.8, 4) is 11.8 Å². The van der Waals surface area contributed by atoms with Crippen LogP contribution < -0.4 is 5.56 Å². The van der Waals surface area contributed by atoms with Crippen LogP contribution in [0.4, 0.5) is 8.78 Å². The predicted molar refractivity (Wildman–Crippen MR) is 193 cm³/mol. The number of carbonyl (C=O) groups excluding carboxylic acids is 2. The van der Waals surface area contributed by atoms with Crippen molar-refractivity contribution in [1.29, 1.82) is 0 Å². The zero-order valence-electron chi connectivity index (χ0n) is 28.8. The Morgan fingerprint density at radius 2 is 1.73 bits per heavy atom. The molecule has 51 heavy (non-hydrogen) atoms. The summed E-state index contributed by atoms with van der Waals surface area (Å²) < 4.78 is 29.9. The summed E-state index contributed by atoms with van der Waals surface area (Å²) in [4.78, 5) is 50.7. The summed E-state index contributed by atoms with van der Waals surface area (Å²) in [5.74, 6) is 4.91. The van der Waals surface area contributed by atoms with Crippen LogP contribution in [-0.4, -0.2) is 55.9 Å². The molecule has 3 heterocycles. The van der Waals surface area contributed by atoms with Crippen LogP contribution in [0.15, 0.2) is 65.6 Å². The third-order valence-electron chi connectivity index (χ3n) is 9.60. The Morgan fingerprint density at radius 1 is 0.961 bits per heavy atom. The van der Waals surface area contributed by atoms with Crippen LogP contribution in [0.1, 0.15) is 81.0 Å². The van der Waals surface area contributed by atoms with Crippen LogP contribution >= 0.6 is 11.6 Å². The number of rotatable bonds is 10. The minimum Gasteiger partial charge on any atom is -0.306 e. The summed E-state index contributed by atoms with van der Waals surface area (Å²) in [5, 5.41) is 1.27. The van der Waals surface area contributed by atoms with E-state index in [1.165, 1.54) is 10.7 Å². The number of halogens is 3. The second kappa shape index (κ2) is 15.5. The van der Waals surface area contributed by atoms with E-state index in [9.17, 15) is 23.2 Å². The molecule has 3 aromatic carbocycles. The minimum absolute atomic E-state index is 0.00385. The third kappa shape index (κ3) is 8.33. The number of Topliss-reactive ketones (excluding diaryl/α,β-unsaturated/α-hetero) is 2. The second-order valence-electron chi connectivity index (χ2n) is 13.2. The molecule has 0 saturated carbocycles. The summed E-state index contributed by atoms with van der Waals surface area (Å²) >= 11 is 6.56. The third-order valence-corrected chi connectivity index (χ3v) is 9.91. The minimum atomic E-state index is -0.999. The smallest absolute Gasteiger partial charge is 0.278 e. The van der Waals surface area contributed by atoms with Crippen molar-refractivity contribution in [3.63, 3.8) is 0 Å². The van der Waals surface area contributed by atoms with Crippen molar-refractivity contribution >= 4 is 34.1 Å². The van der Waals surface area contributed by atoms with E-state index in [4.69, 9.17) is 16.6 Å². The average molecular weight is 710 g/mol. The molecule has 1 fully saturated rings. The molecule has 0 unspecified atom stereocenters. The van der Waals surface area contributed by atoms with Crippen LogP contribution in [0.25, 0.3) is 10.9 Å². The van der Waals surface area contributed by atoms with Crippen LogP contribution in [0.3, 0.4) is 0 Å². The molecular formula is C40H38ClF2N5O3. The lowest BCUT2D eigenvalue weighted by molar-refractivity contribution is 0.0935. The van der Waals surface area contributed by atoms with Gasteiger partial charge >= 0.3 is 0 Å². The van der Waals surface area contributed by atoms with E-state index in [0.717, 1.165) is 60.1 Å². The van der Waals surface area contributed by atoms with Gasteiger partial charge in [-0.2, -0.15) is 0 Å². The van der Waals surface area contributed by atoms with Crippen molar-refractivity contribution in [2.45, 2.75) is 52.0 Å². The zero-order chi connectivity index (χ0) is 36.2. The monoisotopic (exact) mass is 709 g/mol. The van der Waals surface area contributed by atoms with Crippen LogP contribution in [-0.2, 0) is 20.0 Å². The molecule has 1 aliphatic rings. The maximum absolute atomic E-state index is 13.7. The maximum atomic E-state index is 13.7. The van der Waals surface area contributed by atoms with Gasteiger partial charge < -0.3 is 4.90 Å². The lowest BCUT2D eigenvalue weighted by atomic mass is 9.90. The highest BCUT2D eigenvalue weighted by Crippen LogP contribution is 2.26. The lowest BCUT2D eigenvalue weighted by Gasteiger charge is -2.28. The number of nitrogens with zero attached hydrogens (tertiary/aromatic N) is 5. The molecular weight excluding hydrogens is 672 g/mol. The van der Waals surface area contributed by atoms with E-state index in [0.29, 0.717) is 46.4 Å². The number of benzene rings is 3. The molecule has 0 aliphatic carbocycles. The molecule has 5 aromatic rings. The molecule has 1 saturated heterocycles. The fourth-order valence-electron chi connectivity index (χ4n) is 6.49. The Balaban J connectivity index is 1.05. The van der Waals surface area contributed by atoms with E-state index in [1.54, 1.807) is 24.9 Å². The molecule has 0 N–H and O–H groups in total. The number of ketones is 2. The van der Waals surface area contributed by atoms with Gasteiger partial charge in [-0.15, -0.1) is 0 Å². The molecule has 0 amide bonds. The second-order valence-corrected chi connectivity index (χ2v) is 13.7. The van der Waals surface area contributed by atoms with Gasteiger partial charge in [0.2, 0.25) is 0 Å². The molecule has 262 valence electrons. The molecule has 0 radical (unpaired) electrons.